The van der Waals surface area contributed by atoms with Crippen molar-refractivity contribution in [3.8, 4) is 0 Å². The van der Waals surface area contributed by atoms with Gasteiger partial charge in [-0.1, -0.05) is 0 Å². The predicted octanol–water partition coefficient (Wildman–Crippen LogP) is -6.29. The van der Waals surface area contributed by atoms with E-state index in [-0.39, 0.29) is 139 Å². The Kier molecular flexibility index (Phi) is 46.3. The van der Waals surface area contributed by atoms with Crippen LogP contribution in [0.15, 0.2) is 0 Å². The molecule has 0 bridgehead atoms. The van der Waals surface area contributed by atoms with Gasteiger partial charge in [-0.3, -0.25) is 0 Å². The molecule has 0 spiro atoms. The fourth-order valence-corrected chi connectivity index (χ4v) is 0. The molecule has 0 unspecified atom stereocenters. The first-order valence-electron chi connectivity index (χ1n) is 1.68. The first-order chi connectivity index (χ1) is 4.00. The summed E-state index contributed by atoms with van der Waals surface area (Å²) in [5, 5.41) is 0. The van der Waals surface area contributed by atoms with Gasteiger partial charge in [-0.05, 0) is 0 Å². The molecule has 14 heteroatoms. The molecule has 0 radical (unpaired) electrons. The second-order valence-corrected chi connectivity index (χ2v) is 3.34. The molecule has 7 N–H and O–H groups in total. The molecule has 0 aromatic heterocycles. The molecule has 0 aliphatic heterocycles. The number of hydrogen-bond acceptors (Lipinski definition) is 5. The number of hydrogen-bond donors (Lipinski definition) is 7. The maximum absolute atomic E-state index is 8.88. The second-order valence-electron chi connectivity index (χ2n) is 1.11. The fourth-order valence-electron chi connectivity index (χ4n) is 0. The minimum Gasteiger partial charge on any atom is 0 e. The zero-order valence-corrected chi connectivity index (χ0v) is 9.34. The molecule has 8 nitrogen and oxygen atoms in total. The van der Waals surface area contributed by atoms with Gasteiger partial charge in [0.2, 0.25) is 0 Å². The Morgan fingerprint density at radius 2 is 0.786 bits per heavy atom. The molecule has 80 valence electrons. The van der Waals surface area contributed by atoms with E-state index in [4.69, 9.17) is 38.4 Å². The van der Waals surface area contributed by atoms with E-state index >= 15 is 0 Å². The molecule has 0 atom stereocenters. The Labute approximate surface area is 190 Å². The van der Waals surface area contributed by atoms with Crippen LogP contribution in [-0.2, 0) is 30.8 Å². The summed E-state index contributed by atoms with van der Waals surface area (Å²) in [5.74, 6) is 0. The van der Waals surface area contributed by atoms with Crippen molar-refractivity contribution in [1.29, 1.82) is 0 Å². The minimum atomic E-state index is -4.64. The summed E-state index contributed by atoms with van der Waals surface area (Å²) < 4.78 is 8.88. The SMILES string of the molecule is O=P(O)(O)O.O[Si](O)(O)O.[CaH2].[CaH2].[CaH2].[Zr]. The van der Waals surface area contributed by atoms with Gasteiger partial charge in [-0.15, -0.1) is 0 Å². The molecule has 0 saturated heterocycles. The number of rotatable bonds is 0. The summed E-state index contributed by atoms with van der Waals surface area (Å²) >= 11 is 0. The van der Waals surface area contributed by atoms with Crippen molar-refractivity contribution in [2.75, 3.05) is 0 Å². The van der Waals surface area contributed by atoms with E-state index in [1.165, 1.54) is 0 Å². The van der Waals surface area contributed by atoms with E-state index in [1.54, 1.807) is 0 Å². The topological polar surface area (TPSA) is 159 Å². The van der Waals surface area contributed by atoms with E-state index in [1.807, 2.05) is 0 Å². The Balaban J connectivity index is -0.0000000178. The maximum atomic E-state index is 8.88. The van der Waals surface area contributed by atoms with Gasteiger partial charge in [0.1, 0.15) is 0 Å². The smallest absolute Gasteiger partial charge is 0 e. The van der Waals surface area contributed by atoms with Gasteiger partial charge >= 0.3 is 130 Å². The van der Waals surface area contributed by atoms with Crippen LogP contribution in [0.3, 0.4) is 0 Å². The molecule has 0 amide bonds. The van der Waals surface area contributed by atoms with Gasteiger partial charge < -0.3 is 33.9 Å². The van der Waals surface area contributed by atoms with E-state index in [0.29, 0.717) is 0 Å². The van der Waals surface area contributed by atoms with Crippen molar-refractivity contribution >= 4 is 130 Å². The molecule has 0 aliphatic carbocycles. The average molecular weight is 412 g/mol. The Bertz CT molecular complexity index is 117. The van der Waals surface area contributed by atoms with Gasteiger partial charge in [0.15, 0.2) is 0 Å². The second kappa shape index (κ2) is 17.8. The van der Waals surface area contributed by atoms with Gasteiger partial charge in [0, 0.05) is 26.2 Å². The third-order valence-corrected chi connectivity index (χ3v) is 0. The van der Waals surface area contributed by atoms with Crippen molar-refractivity contribution in [3.63, 3.8) is 0 Å². The minimum absolute atomic E-state index is 0. The molecule has 0 aromatic rings. The maximum Gasteiger partial charge on any atom is 0 e. The zero-order chi connectivity index (χ0) is 9.00. The summed E-state index contributed by atoms with van der Waals surface area (Å²) in [7, 11) is -9.25. The van der Waals surface area contributed by atoms with Crippen LogP contribution in [-0.4, -0.2) is 156 Å². The Morgan fingerprint density at radius 3 is 0.786 bits per heavy atom. The predicted molar refractivity (Wildman–Crippen MR) is 54.5 cm³/mol. The largest absolute Gasteiger partial charge is 0 e. The molecule has 0 rings (SSSR count). The number of phosphoric acid groups is 1. The zero-order valence-electron chi connectivity index (χ0n) is 4.99. The fraction of sp³-hybridized carbons (Fsp3) is 0. The van der Waals surface area contributed by atoms with Crippen molar-refractivity contribution in [3.05, 3.63) is 0 Å². The van der Waals surface area contributed by atoms with Crippen molar-refractivity contribution < 1.29 is 64.6 Å². The van der Waals surface area contributed by atoms with Crippen LogP contribution in [0.5, 0.6) is 0 Å². The van der Waals surface area contributed by atoms with Crippen LogP contribution in [0.25, 0.3) is 0 Å². The quantitative estimate of drug-likeness (QED) is 0.153. The van der Waals surface area contributed by atoms with Crippen LogP contribution in [0.1, 0.15) is 0 Å². The van der Waals surface area contributed by atoms with E-state index < -0.39 is 16.9 Å². The first kappa shape index (κ1) is 36.4. The monoisotopic (exact) mass is 410 g/mol. The van der Waals surface area contributed by atoms with Crippen molar-refractivity contribution in [2.45, 2.75) is 0 Å². The molecule has 0 aliphatic rings. The summed E-state index contributed by atoms with van der Waals surface area (Å²) in [4.78, 5) is 50.9. The first-order valence-corrected chi connectivity index (χ1v) is 5.03. The molecule has 14 heavy (non-hydrogen) atoms. The Morgan fingerprint density at radius 1 is 0.786 bits per heavy atom. The normalized spacial score (nSPS) is 8.50. The third kappa shape index (κ3) is 181. The summed E-state index contributed by atoms with van der Waals surface area (Å²) in [6.45, 7) is 0. The Hall–Kier alpha value is 4.83. The van der Waals surface area contributed by atoms with Gasteiger partial charge in [0.05, 0.1) is 0 Å². The molecule has 0 aromatic carbocycles. The van der Waals surface area contributed by atoms with Crippen molar-refractivity contribution in [1.82, 2.24) is 0 Å². The van der Waals surface area contributed by atoms with Crippen LogP contribution in [0.2, 0.25) is 0 Å². The van der Waals surface area contributed by atoms with Crippen LogP contribution >= 0.6 is 7.82 Å². The van der Waals surface area contributed by atoms with E-state index in [0.717, 1.165) is 0 Å². The molecule has 0 saturated carbocycles. The molecule has 0 heterocycles. The molecular formula is H13Ca3O8PSiZr. The summed E-state index contributed by atoms with van der Waals surface area (Å²) in [5.41, 5.74) is 0. The standard InChI is InChI=1S/3Ca.H3O4P.H4O4Si.Zr.6H/c;;;2*1-5(2,3)4;;;;;;;/h;;;(H3,1,2,3,4);1-4H;;;;;;;. The van der Waals surface area contributed by atoms with Gasteiger partial charge in [-0.25, -0.2) is 4.57 Å². The third-order valence-electron chi connectivity index (χ3n) is 0. The van der Waals surface area contributed by atoms with Crippen LogP contribution in [0.4, 0.5) is 0 Å². The average Bonchev–Trinajstić information content (AvgIpc) is 1.12. The van der Waals surface area contributed by atoms with E-state index in [2.05, 4.69) is 0 Å². The van der Waals surface area contributed by atoms with Crippen LogP contribution < -0.4 is 0 Å². The molecule has 0 fully saturated rings. The van der Waals surface area contributed by atoms with E-state index in [9.17, 15) is 0 Å². The summed E-state index contributed by atoms with van der Waals surface area (Å²) in [6, 6.07) is 0. The van der Waals surface area contributed by atoms with Crippen molar-refractivity contribution in [2.24, 2.45) is 0 Å². The van der Waals surface area contributed by atoms with Gasteiger partial charge in [0.25, 0.3) is 0 Å². The van der Waals surface area contributed by atoms with Crippen LogP contribution in [0, 0.1) is 0 Å². The summed E-state index contributed by atoms with van der Waals surface area (Å²) in [6.07, 6.45) is 0. The molecular weight excluding hydrogens is 399 g/mol. The van der Waals surface area contributed by atoms with Gasteiger partial charge in [-0.2, -0.15) is 0 Å².